The SMILES string of the molecule is COc1ccc(CCNC(=O)CCn2c(C)nc3c(cnn3-c3ccc(C)cc3)c2=O)cc1. The Hall–Kier alpha value is -3.94. The molecule has 0 aliphatic heterocycles. The molecule has 0 atom stereocenters. The minimum absolute atomic E-state index is 0.106. The van der Waals surface area contributed by atoms with Crippen molar-refractivity contribution in [1.29, 1.82) is 0 Å². The first kappa shape index (κ1) is 22.3. The molecule has 170 valence electrons. The predicted molar refractivity (Wildman–Crippen MR) is 127 cm³/mol. The summed E-state index contributed by atoms with van der Waals surface area (Å²) in [7, 11) is 1.63. The summed E-state index contributed by atoms with van der Waals surface area (Å²) in [4.78, 5) is 30.0. The van der Waals surface area contributed by atoms with Crippen molar-refractivity contribution in [3.8, 4) is 11.4 Å². The van der Waals surface area contributed by atoms with Gasteiger partial charge in [-0.2, -0.15) is 5.10 Å². The number of amides is 1. The number of nitrogens with one attached hydrogen (secondary N) is 1. The van der Waals surface area contributed by atoms with E-state index in [2.05, 4.69) is 15.4 Å². The van der Waals surface area contributed by atoms with E-state index >= 15 is 0 Å². The third kappa shape index (κ3) is 4.95. The lowest BCUT2D eigenvalue weighted by Gasteiger charge is -2.11. The molecule has 0 fully saturated rings. The summed E-state index contributed by atoms with van der Waals surface area (Å²) in [5, 5.41) is 7.71. The number of aromatic nitrogens is 4. The first-order chi connectivity index (χ1) is 16.0. The molecule has 4 aromatic rings. The molecule has 33 heavy (non-hydrogen) atoms. The van der Waals surface area contributed by atoms with Crippen LogP contribution in [0.3, 0.4) is 0 Å². The lowest BCUT2D eigenvalue weighted by atomic mass is 10.1. The van der Waals surface area contributed by atoms with Crippen molar-refractivity contribution in [2.45, 2.75) is 33.2 Å². The van der Waals surface area contributed by atoms with Crippen molar-refractivity contribution in [2.75, 3.05) is 13.7 Å². The van der Waals surface area contributed by atoms with E-state index in [1.54, 1.807) is 18.7 Å². The average molecular weight is 446 g/mol. The van der Waals surface area contributed by atoms with Gasteiger partial charge >= 0.3 is 0 Å². The Bertz CT molecular complexity index is 1320. The summed E-state index contributed by atoms with van der Waals surface area (Å²) in [6, 6.07) is 15.6. The molecule has 1 amide bonds. The van der Waals surface area contributed by atoms with Crippen LogP contribution in [-0.4, -0.2) is 38.9 Å². The van der Waals surface area contributed by atoms with Gasteiger partial charge in [0.15, 0.2) is 5.65 Å². The van der Waals surface area contributed by atoms with Crippen LogP contribution in [-0.2, 0) is 17.8 Å². The average Bonchev–Trinajstić information content (AvgIpc) is 3.24. The summed E-state index contributed by atoms with van der Waals surface area (Å²) >= 11 is 0. The maximum atomic E-state index is 13.0. The van der Waals surface area contributed by atoms with Gasteiger partial charge < -0.3 is 10.1 Å². The number of nitrogens with zero attached hydrogens (tertiary/aromatic N) is 4. The van der Waals surface area contributed by atoms with Gasteiger partial charge in [0.2, 0.25) is 5.91 Å². The molecular weight excluding hydrogens is 418 g/mol. The lowest BCUT2D eigenvalue weighted by Crippen LogP contribution is -2.30. The second kappa shape index (κ2) is 9.68. The number of benzene rings is 2. The monoisotopic (exact) mass is 445 g/mol. The van der Waals surface area contributed by atoms with Crippen LogP contribution in [0.2, 0.25) is 0 Å². The predicted octanol–water partition coefficient (Wildman–Crippen LogP) is 2.96. The Labute approximate surface area is 191 Å². The number of methoxy groups -OCH3 is 1. The van der Waals surface area contributed by atoms with Gasteiger partial charge in [0.25, 0.3) is 5.56 Å². The highest BCUT2D eigenvalue weighted by atomic mass is 16.5. The minimum atomic E-state index is -0.193. The smallest absolute Gasteiger partial charge is 0.264 e. The quantitative estimate of drug-likeness (QED) is 0.450. The molecule has 1 N–H and O–H groups in total. The Morgan fingerprint density at radius 1 is 1.06 bits per heavy atom. The van der Waals surface area contributed by atoms with E-state index in [0.717, 1.165) is 29.0 Å². The molecule has 4 rings (SSSR count). The zero-order valence-corrected chi connectivity index (χ0v) is 19.0. The fourth-order valence-electron chi connectivity index (χ4n) is 3.68. The second-order valence-corrected chi connectivity index (χ2v) is 7.94. The van der Waals surface area contributed by atoms with E-state index in [9.17, 15) is 9.59 Å². The molecule has 0 aliphatic rings. The van der Waals surface area contributed by atoms with Crippen LogP contribution >= 0.6 is 0 Å². The highest BCUT2D eigenvalue weighted by Crippen LogP contribution is 2.15. The number of ether oxygens (including phenoxy) is 1. The topological polar surface area (TPSA) is 91.0 Å². The van der Waals surface area contributed by atoms with Gasteiger partial charge in [-0.1, -0.05) is 29.8 Å². The minimum Gasteiger partial charge on any atom is -0.497 e. The van der Waals surface area contributed by atoms with E-state index in [0.29, 0.717) is 23.4 Å². The van der Waals surface area contributed by atoms with Crippen molar-refractivity contribution in [2.24, 2.45) is 0 Å². The standard InChI is InChI=1S/C25H27N5O3/c1-17-4-8-20(9-5-17)30-24-22(16-27-30)25(32)29(18(2)28-24)15-13-23(31)26-14-12-19-6-10-21(33-3)11-7-19/h4-11,16H,12-15H2,1-3H3,(H,26,31). The largest absolute Gasteiger partial charge is 0.497 e. The number of carbonyl (C=O) groups is 1. The van der Waals surface area contributed by atoms with Gasteiger partial charge in [0, 0.05) is 19.5 Å². The van der Waals surface area contributed by atoms with Gasteiger partial charge in [-0.25, -0.2) is 9.67 Å². The van der Waals surface area contributed by atoms with Crippen LogP contribution in [0.1, 0.15) is 23.4 Å². The van der Waals surface area contributed by atoms with Gasteiger partial charge in [0.1, 0.15) is 17.0 Å². The van der Waals surface area contributed by atoms with Crippen LogP contribution in [0.25, 0.3) is 16.7 Å². The molecule has 2 heterocycles. The van der Waals surface area contributed by atoms with Crippen molar-refractivity contribution >= 4 is 16.9 Å². The Morgan fingerprint density at radius 3 is 2.48 bits per heavy atom. The lowest BCUT2D eigenvalue weighted by molar-refractivity contribution is -0.121. The maximum absolute atomic E-state index is 13.0. The molecule has 0 saturated heterocycles. The van der Waals surface area contributed by atoms with Gasteiger partial charge in [-0.15, -0.1) is 0 Å². The summed E-state index contributed by atoms with van der Waals surface area (Å²) in [5.41, 5.74) is 3.42. The molecule has 0 spiro atoms. The number of carbonyl (C=O) groups excluding carboxylic acids is 1. The van der Waals surface area contributed by atoms with Crippen molar-refractivity contribution in [3.63, 3.8) is 0 Å². The van der Waals surface area contributed by atoms with E-state index in [4.69, 9.17) is 4.74 Å². The highest BCUT2D eigenvalue weighted by molar-refractivity contribution is 5.76. The number of fused-ring (bicyclic) bond motifs is 1. The van der Waals surface area contributed by atoms with Gasteiger partial charge in [0.05, 0.1) is 19.0 Å². The van der Waals surface area contributed by atoms with Crippen molar-refractivity contribution < 1.29 is 9.53 Å². The number of aryl methyl sites for hydroxylation is 2. The molecular formula is C25H27N5O3. The van der Waals surface area contributed by atoms with Crippen molar-refractivity contribution in [3.05, 3.63) is 82.0 Å². The van der Waals surface area contributed by atoms with E-state index in [1.807, 2.05) is 55.5 Å². The van der Waals surface area contributed by atoms with Crippen LogP contribution < -0.4 is 15.6 Å². The van der Waals surface area contributed by atoms with E-state index < -0.39 is 0 Å². The summed E-state index contributed by atoms with van der Waals surface area (Å²) in [5.74, 6) is 1.25. The fraction of sp³-hybridized carbons (Fsp3) is 0.280. The maximum Gasteiger partial charge on any atom is 0.264 e. The summed E-state index contributed by atoms with van der Waals surface area (Å²) < 4.78 is 8.35. The van der Waals surface area contributed by atoms with Gasteiger partial charge in [-0.05, 0) is 50.1 Å². The van der Waals surface area contributed by atoms with E-state index in [1.165, 1.54) is 10.8 Å². The fourth-order valence-corrected chi connectivity index (χ4v) is 3.68. The Kier molecular flexibility index (Phi) is 6.53. The van der Waals surface area contributed by atoms with Crippen LogP contribution in [0.4, 0.5) is 0 Å². The van der Waals surface area contributed by atoms with Crippen LogP contribution in [0.15, 0.2) is 59.5 Å². The molecule has 8 heteroatoms. The summed E-state index contributed by atoms with van der Waals surface area (Å²) in [6.07, 6.45) is 2.46. The number of hydrogen-bond acceptors (Lipinski definition) is 5. The zero-order chi connectivity index (χ0) is 23.4. The van der Waals surface area contributed by atoms with Crippen molar-refractivity contribution in [1.82, 2.24) is 24.6 Å². The number of rotatable bonds is 8. The Morgan fingerprint density at radius 2 is 1.79 bits per heavy atom. The number of hydrogen-bond donors (Lipinski definition) is 1. The Balaban J connectivity index is 1.40. The molecule has 0 saturated carbocycles. The highest BCUT2D eigenvalue weighted by Gasteiger charge is 2.15. The van der Waals surface area contributed by atoms with Crippen LogP contribution in [0, 0.1) is 13.8 Å². The normalized spacial score (nSPS) is 11.0. The molecule has 8 nitrogen and oxygen atoms in total. The van der Waals surface area contributed by atoms with Gasteiger partial charge in [-0.3, -0.25) is 14.2 Å². The third-order valence-electron chi connectivity index (χ3n) is 5.61. The first-order valence-corrected chi connectivity index (χ1v) is 10.9. The molecule has 2 aromatic heterocycles. The van der Waals surface area contributed by atoms with Crippen LogP contribution in [0.5, 0.6) is 5.75 Å². The molecule has 2 aromatic carbocycles. The summed E-state index contributed by atoms with van der Waals surface area (Å²) in [6.45, 7) is 4.58. The second-order valence-electron chi connectivity index (χ2n) is 7.94. The van der Waals surface area contributed by atoms with E-state index in [-0.39, 0.29) is 24.4 Å². The first-order valence-electron chi connectivity index (χ1n) is 10.9. The third-order valence-corrected chi connectivity index (χ3v) is 5.61. The molecule has 0 unspecified atom stereocenters. The molecule has 0 aliphatic carbocycles. The zero-order valence-electron chi connectivity index (χ0n) is 19.0. The molecule has 0 bridgehead atoms. The molecule has 0 radical (unpaired) electrons.